The fourth-order valence-corrected chi connectivity index (χ4v) is 7.97. The lowest BCUT2D eigenvalue weighted by Crippen LogP contribution is -2.43. The van der Waals surface area contributed by atoms with Crippen LogP contribution in [-0.4, -0.2) is 64.9 Å². The van der Waals surface area contributed by atoms with Gasteiger partial charge in [-0.2, -0.15) is 0 Å². The van der Waals surface area contributed by atoms with Crippen LogP contribution in [0.15, 0.2) is 12.2 Å². The number of aliphatic hydroxyl groups is 1. The van der Waals surface area contributed by atoms with E-state index >= 15 is 0 Å². The summed E-state index contributed by atoms with van der Waals surface area (Å²) in [5.41, 5.74) is 0. The number of ether oxygens (including phenoxy) is 1. The molecule has 0 aliphatic heterocycles. The highest BCUT2D eigenvalue weighted by molar-refractivity contribution is 7.47. The van der Waals surface area contributed by atoms with E-state index in [4.69, 9.17) is 13.8 Å². The number of unbranched alkanes of at least 4 members (excludes halogenated alkanes) is 31. The second kappa shape index (κ2) is 43.9. The van der Waals surface area contributed by atoms with Crippen molar-refractivity contribution in [2.75, 3.05) is 19.8 Å². The van der Waals surface area contributed by atoms with Crippen LogP contribution in [-0.2, 0) is 32.7 Å². The van der Waals surface area contributed by atoms with E-state index in [-0.39, 0.29) is 12.8 Å². The number of rotatable bonds is 47. The molecule has 0 spiro atoms. The van der Waals surface area contributed by atoms with Crippen LogP contribution in [0.5, 0.6) is 0 Å². The molecule has 0 saturated heterocycles. The SMILES string of the molecule is CCCCCCCC/C=C/CCCCCCCCCCCCCC(=O)NC(COP(=O)(O)OCC(O)COC(=O)CCCCCCCCCCCCCCCCC)C(=O)O. The van der Waals surface area contributed by atoms with Gasteiger partial charge < -0.3 is 25.2 Å². The van der Waals surface area contributed by atoms with Crippen molar-refractivity contribution >= 4 is 25.7 Å². The number of hydrogen-bond donors (Lipinski definition) is 4. The summed E-state index contributed by atoms with van der Waals surface area (Å²) in [5, 5.41) is 21.9. The summed E-state index contributed by atoms with van der Waals surface area (Å²) in [6.45, 7) is 2.63. The second-order valence-corrected chi connectivity index (χ2v) is 18.5. The topological polar surface area (TPSA) is 169 Å². The third-order valence-corrected chi connectivity index (χ3v) is 12.0. The predicted octanol–water partition coefficient (Wildman–Crippen LogP) is 13.2. The molecule has 0 saturated carbocycles. The maximum atomic E-state index is 12.4. The summed E-state index contributed by atoms with van der Waals surface area (Å²) in [5.74, 6) is -2.36. The number of aliphatic carboxylic acids is 1. The van der Waals surface area contributed by atoms with Gasteiger partial charge in [-0.05, 0) is 38.5 Å². The number of phosphoric acid groups is 1. The predicted molar refractivity (Wildman–Crippen MR) is 245 cm³/mol. The Kier molecular flexibility index (Phi) is 42.6. The van der Waals surface area contributed by atoms with Crippen LogP contribution in [0.1, 0.15) is 245 Å². The van der Waals surface area contributed by atoms with E-state index in [1.54, 1.807) is 0 Å². The lowest BCUT2D eigenvalue weighted by Gasteiger charge is -2.18. The van der Waals surface area contributed by atoms with E-state index in [9.17, 15) is 34.1 Å². The number of esters is 1. The maximum Gasteiger partial charge on any atom is 0.472 e. The van der Waals surface area contributed by atoms with Crippen molar-refractivity contribution in [1.29, 1.82) is 0 Å². The van der Waals surface area contributed by atoms with E-state index < -0.39 is 57.6 Å². The minimum atomic E-state index is -4.75. The van der Waals surface area contributed by atoms with Crippen molar-refractivity contribution in [3.63, 3.8) is 0 Å². The number of carboxylic acid groups (broad SMARTS) is 1. The smallest absolute Gasteiger partial charge is 0.472 e. The average Bonchev–Trinajstić information content (AvgIpc) is 3.22. The lowest BCUT2D eigenvalue weighted by atomic mass is 10.0. The van der Waals surface area contributed by atoms with Gasteiger partial charge >= 0.3 is 19.8 Å². The molecule has 11 nitrogen and oxygen atoms in total. The number of carboxylic acids is 1. The Morgan fingerprint density at radius 3 is 1.27 bits per heavy atom. The third kappa shape index (κ3) is 42.9. The Morgan fingerprint density at radius 2 is 0.867 bits per heavy atom. The second-order valence-electron chi connectivity index (χ2n) is 17.0. The molecule has 0 heterocycles. The number of nitrogens with one attached hydrogen (secondary N) is 1. The number of amides is 1. The first-order chi connectivity index (χ1) is 29.1. The van der Waals surface area contributed by atoms with Crippen LogP contribution in [0.3, 0.4) is 0 Å². The highest BCUT2D eigenvalue weighted by Crippen LogP contribution is 2.43. The first-order valence-corrected chi connectivity index (χ1v) is 26.2. The Labute approximate surface area is 367 Å². The first kappa shape index (κ1) is 58.2. The zero-order valence-electron chi connectivity index (χ0n) is 38.5. The fraction of sp³-hybridized carbons (Fsp3) is 0.896. The van der Waals surface area contributed by atoms with Crippen molar-refractivity contribution in [1.82, 2.24) is 5.32 Å². The molecule has 60 heavy (non-hydrogen) atoms. The van der Waals surface area contributed by atoms with Crippen LogP contribution in [0.25, 0.3) is 0 Å². The van der Waals surface area contributed by atoms with Crippen LogP contribution in [0.4, 0.5) is 0 Å². The molecule has 3 atom stereocenters. The Bertz CT molecular complexity index is 1070. The maximum absolute atomic E-state index is 12.4. The number of allylic oxidation sites excluding steroid dienone is 2. The van der Waals surface area contributed by atoms with Crippen molar-refractivity contribution in [2.24, 2.45) is 0 Å². The van der Waals surface area contributed by atoms with Gasteiger partial charge in [0.05, 0.1) is 13.2 Å². The summed E-state index contributed by atoms with van der Waals surface area (Å²) in [4.78, 5) is 46.0. The molecular formula is C48H92NO10P. The molecule has 0 aliphatic rings. The van der Waals surface area contributed by atoms with Crippen LogP contribution < -0.4 is 5.32 Å². The van der Waals surface area contributed by atoms with E-state index in [2.05, 4.69) is 31.3 Å². The van der Waals surface area contributed by atoms with E-state index in [1.807, 2.05) is 0 Å². The zero-order chi connectivity index (χ0) is 44.2. The van der Waals surface area contributed by atoms with Gasteiger partial charge in [0.15, 0.2) is 6.04 Å². The standard InChI is InChI=1S/C48H92NO10P/c1-3-5-7-9-11-13-15-17-19-20-21-22-23-24-26-27-29-31-33-35-37-39-46(51)49-45(48(53)54)43-59-60(55,56)58-42-44(50)41-57-47(52)40-38-36-34-32-30-28-25-18-16-14-12-10-8-6-4-2/h17,19,44-45,50H,3-16,18,20-43H2,1-2H3,(H,49,51)(H,53,54)(H,55,56)/b19-17+. The molecule has 0 aromatic carbocycles. The number of carbonyl (C=O) groups excluding carboxylic acids is 2. The van der Waals surface area contributed by atoms with Gasteiger partial charge in [0.25, 0.3) is 0 Å². The minimum Gasteiger partial charge on any atom is -0.480 e. The molecule has 0 aromatic heterocycles. The molecule has 0 radical (unpaired) electrons. The molecule has 4 N–H and O–H groups in total. The summed E-state index contributed by atoms with van der Waals surface area (Å²) in [6, 6.07) is -1.54. The highest BCUT2D eigenvalue weighted by atomic mass is 31.2. The molecule has 0 aromatic rings. The summed E-state index contributed by atoms with van der Waals surface area (Å²) >= 11 is 0. The molecule has 0 bridgehead atoms. The first-order valence-electron chi connectivity index (χ1n) is 24.7. The summed E-state index contributed by atoms with van der Waals surface area (Å²) in [6.07, 6.45) is 45.2. The van der Waals surface area contributed by atoms with Crippen molar-refractivity contribution in [3.8, 4) is 0 Å². The molecule has 1 amide bonds. The molecule has 0 fully saturated rings. The van der Waals surface area contributed by atoms with Gasteiger partial charge in [0.1, 0.15) is 12.7 Å². The summed E-state index contributed by atoms with van der Waals surface area (Å²) in [7, 11) is -4.75. The van der Waals surface area contributed by atoms with Gasteiger partial charge in [-0.3, -0.25) is 18.6 Å². The molecule has 0 rings (SSSR count). The third-order valence-electron chi connectivity index (χ3n) is 11.1. The Hall–Kier alpha value is -1.78. The van der Waals surface area contributed by atoms with E-state index in [0.717, 1.165) is 38.5 Å². The zero-order valence-corrected chi connectivity index (χ0v) is 39.4. The monoisotopic (exact) mass is 874 g/mol. The Balaban J connectivity index is 3.82. The quantitative estimate of drug-likeness (QED) is 0.0200. The Morgan fingerprint density at radius 1 is 0.517 bits per heavy atom. The van der Waals surface area contributed by atoms with Gasteiger partial charge in [-0.1, -0.05) is 206 Å². The largest absolute Gasteiger partial charge is 0.480 e. The molecule has 354 valence electrons. The minimum absolute atomic E-state index is 0.148. The molecule has 0 aliphatic carbocycles. The van der Waals surface area contributed by atoms with Gasteiger partial charge in [-0.15, -0.1) is 0 Å². The molecule has 3 unspecified atom stereocenters. The molecular weight excluding hydrogens is 781 g/mol. The van der Waals surface area contributed by atoms with Crippen LogP contribution in [0, 0.1) is 0 Å². The van der Waals surface area contributed by atoms with Crippen LogP contribution in [0.2, 0.25) is 0 Å². The van der Waals surface area contributed by atoms with Crippen molar-refractivity contribution in [2.45, 2.75) is 257 Å². The van der Waals surface area contributed by atoms with Gasteiger partial charge in [0.2, 0.25) is 5.91 Å². The average molecular weight is 874 g/mol. The van der Waals surface area contributed by atoms with Crippen LogP contribution >= 0.6 is 7.82 Å². The van der Waals surface area contributed by atoms with Crippen molar-refractivity contribution in [3.05, 3.63) is 12.2 Å². The van der Waals surface area contributed by atoms with Gasteiger partial charge in [-0.25, -0.2) is 9.36 Å². The summed E-state index contributed by atoms with van der Waals surface area (Å²) < 4.78 is 26.9. The van der Waals surface area contributed by atoms with Gasteiger partial charge in [0, 0.05) is 12.8 Å². The number of aliphatic hydroxyl groups excluding tert-OH is 1. The van der Waals surface area contributed by atoms with Crippen molar-refractivity contribution < 1.29 is 47.8 Å². The number of phosphoric ester groups is 1. The van der Waals surface area contributed by atoms with E-state index in [0.29, 0.717) is 12.8 Å². The molecule has 12 heteroatoms. The normalized spacial score (nSPS) is 13.7. The lowest BCUT2D eigenvalue weighted by molar-refractivity contribution is -0.147. The highest BCUT2D eigenvalue weighted by Gasteiger charge is 2.28. The van der Waals surface area contributed by atoms with E-state index in [1.165, 1.54) is 167 Å². The number of carbonyl (C=O) groups is 3. The number of hydrogen-bond acceptors (Lipinski definition) is 8. The fourth-order valence-electron chi connectivity index (χ4n) is 7.19.